The van der Waals surface area contributed by atoms with E-state index in [0.29, 0.717) is 0 Å². The molecule has 5 heteroatoms. The fourth-order valence-electron chi connectivity index (χ4n) is 2.30. The van der Waals surface area contributed by atoms with Crippen molar-refractivity contribution in [3.8, 4) is 21.0 Å². The fraction of sp³-hybridized carbons (Fsp3) is 0. The van der Waals surface area contributed by atoms with Gasteiger partial charge in [0.2, 0.25) is 0 Å². The molecule has 0 atom stereocenters. The number of nitrogens with zero attached hydrogens (tertiary/aromatic N) is 2. The lowest BCUT2D eigenvalue weighted by atomic mass is 10.1. The highest BCUT2D eigenvalue weighted by Crippen LogP contribution is 2.36. The summed E-state index contributed by atoms with van der Waals surface area (Å²) in [6.45, 7) is 0. The molecule has 0 spiro atoms. The van der Waals surface area contributed by atoms with Gasteiger partial charge in [0.1, 0.15) is 17.8 Å². The van der Waals surface area contributed by atoms with Gasteiger partial charge in [-0.3, -0.25) is 4.98 Å². The zero-order valence-electron chi connectivity index (χ0n) is 10.8. The van der Waals surface area contributed by atoms with Crippen molar-refractivity contribution in [3.63, 3.8) is 0 Å². The summed E-state index contributed by atoms with van der Waals surface area (Å²) in [7, 11) is 0. The van der Waals surface area contributed by atoms with Gasteiger partial charge in [-0.25, -0.2) is 4.39 Å². The van der Waals surface area contributed by atoms with Crippen LogP contribution in [0.25, 0.3) is 31.9 Å². The van der Waals surface area contributed by atoms with Gasteiger partial charge in [0.05, 0.1) is 10.4 Å². The summed E-state index contributed by atoms with van der Waals surface area (Å²) in [6, 6.07) is 12.4. The minimum absolute atomic E-state index is 0.262. The maximum absolute atomic E-state index is 13.8. The third-order valence-corrected chi connectivity index (χ3v) is 4.37. The first-order valence-corrected chi connectivity index (χ1v) is 7.18. The van der Waals surface area contributed by atoms with Gasteiger partial charge in [0.25, 0.3) is 0 Å². The number of pyridine rings is 1. The average Bonchev–Trinajstić information content (AvgIpc) is 3.17. The van der Waals surface area contributed by atoms with Crippen LogP contribution in [-0.4, -0.2) is 10.1 Å². The van der Waals surface area contributed by atoms with E-state index >= 15 is 0 Å². The van der Waals surface area contributed by atoms with Crippen LogP contribution in [0.4, 0.5) is 4.39 Å². The fourth-order valence-corrected chi connectivity index (χ4v) is 3.29. The van der Waals surface area contributed by atoms with E-state index in [4.69, 9.17) is 4.52 Å². The minimum atomic E-state index is -0.262. The minimum Gasteiger partial charge on any atom is -0.364 e. The molecule has 0 aliphatic carbocycles. The van der Waals surface area contributed by atoms with Gasteiger partial charge in [0.15, 0.2) is 0 Å². The van der Waals surface area contributed by atoms with Crippen molar-refractivity contribution >= 4 is 22.2 Å². The first-order valence-electron chi connectivity index (χ1n) is 6.36. The van der Waals surface area contributed by atoms with Crippen LogP contribution in [0, 0.1) is 5.82 Å². The lowest BCUT2D eigenvalue weighted by molar-refractivity contribution is 0.422. The first kappa shape index (κ1) is 12.2. The highest BCUT2D eigenvalue weighted by atomic mass is 32.1. The number of hydrogen-bond acceptors (Lipinski definition) is 4. The number of rotatable bonds is 2. The molecule has 0 aliphatic heterocycles. The molecular weight excluding hydrogens is 287 g/mol. The van der Waals surface area contributed by atoms with Crippen LogP contribution >= 0.6 is 11.3 Å². The second-order valence-electron chi connectivity index (χ2n) is 4.58. The predicted molar refractivity (Wildman–Crippen MR) is 80.5 cm³/mol. The van der Waals surface area contributed by atoms with E-state index in [2.05, 4.69) is 10.1 Å². The molecule has 0 aliphatic rings. The third-order valence-electron chi connectivity index (χ3n) is 3.23. The van der Waals surface area contributed by atoms with Crippen molar-refractivity contribution in [2.45, 2.75) is 0 Å². The molecule has 0 N–H and O–H groups in total. The zero-order valence-corrected chi connectivity index (χ0v) is 11.6. The van der Waals surface area contributed by atoms with Crippen LogP contribution in [0.15, 0.2) is 59.4 Å². The van der Waals surface area contributed by atoms with E-state index in [1.165, 1.54) is 29.7 Å². The molecule has 4 aromatic rings. The Hall–Kier alpha value is -2.53. The Morgan fingerprint density at radius 1 is 1.05 bits per heavy atom. The molecule has 102 valence electrons. The molecule has 0 amide bonds. The van der Waals surface area contributed by atoms with Crippen LogP contribution in [0.3, 0.4) is 0 Å². The Bertz CT molecular complexity index is 915. The van der Waals surface area contributed by atoms with Gasteiger partial charge in [-0.05, 0) is 30.3 Å². The Kier molecular flexibility index (Phi) is 2.79. The predicted octanol–water partition coefficient (Wildman–Crippen LogP) is 4.76. The van der Waals surface area contributed by atoms with Crippen LogP contribution in [-0.2, 0) is 0 Å². The van der Waals surface area contributed by atoms with Gasteiger partial charge >= 0.3 is 0 Å². The summed E-state index contributed by atoms with van der Waals surface area (Å²) in [4.78, 5) is 6.31. The van der Waals surface area contributed by atoms with Crippen LogP contribution in [0.2, 0.25) is 0 Å². The van der Waals surface area contributed by atoms with Gasteiger partial charge in [-0.15, -0.1) is 11.3 Å². The molecule has 3 aromatic heterocycles. The normalized spacial score (nSPS) is 11.1. The molecule has 0 saturated heterocycles. The molecule has 3 heterocycles. The van der Waals surface area contributed by atoms with Crippen molar-refractivity contribution in [1.29, 1.82) is 0 Å². The lowest BCUT2D eigenvalue weighted by Gasteiger charge is -2.04. The van der Waals surface area contributed by atoms with E-state index in [1.54, 1.807) is 18.3 Å². The molecular formula is C16H9FN2OS. The molecule has 0 fully saturated rings. The molecule has 1 aromatic carbocycles. The van der Waals surface area contributed by atoms with Crippen LogP contribution in [0.1, 0.15) is 0 Å². The summed E-state index contributed by atoms with van der Waals surface area (Å²) >= 11 is 1.54. The largest absolute Gasteiger partial charge is 0.364 e. The Morgan fingerprint density at radius 3 is 2.81 bits per heavy atom. The lowest BCUT2D eigenvalue weighted by Crippen LogP contribution is -1.85. The Labute approximate surface area is 123 Å². The number of benzene rings is 1. The topological polar surface area (TPSA) is 38.9 Å². The van der Waals surface area contributed by atoms with Gasteiger partial charge in [-0.2, -0.15) is 0 Å². The van der Waals surface area contributed by atoms with E-state index in [9.17, 15) is 4.39 Å². The molecule has 0 unspecified atom stereocenters. The number of hydrogen-bond donors (Lipinski definition) is 0. The summed E-state index contributed by atoms with van der Waals surface area (Å²) in [5.41, 5.74) is 2.37. The molecule has 4 rings (SSSR count). The van der Waals surface area contributed by atoms with Gasteiger partial charge in [-0.1, -0.05) is 11.2 Å². The Balaban J connectivity index is 1.91. The average molecular weight is 296 g/mol. The van der Waals surface area contributed by atoms with E-state index in [0.717, 1.165) is 31.9 Å². The second-order valence-corrected chi connectivity index (χ2v) is 5.66. The van der Waals surface area contributed by atoms with Crippen molar-refractivity contribution in [1.82, 2.24) is 10.1 Å². The van der Waals surface area contributed by atoms with Crippen molar-refractivity contribution < 1.29 is 8.91 Å². The van der Waals surface area contributed by atoms with E-state index in [-0.39, 0.29) is 5.82 Å². The molecule has 0 bridgehead atoms. The molecule has 0 saturated carbocycles. The van der Waals surface area contributed by atoms with Crippen molar-refractivity contribution in [2.24, 2.45) is 0 Å². The highest BCUT2D eigenvalue weighted by molar-refractivity contribution is 7.18. The van der Waals surface area contributed by atoms with Crippen LogP contribution < -0.4 is 0 Å². The van der Waals surface area contributed by atoms with Gasteiger partial charge < -0.3 is 4.52 Å². The second kappa shape index (κ2) is 4.79. The van der Waals surface area contributed by atoms with Gasteiger partial charge in [0, 0.05) is 28.1 Å². The maximum Gasteiger partial charge on any atom is 0.124 e. The quantitative estimate of drug-likeness (QED) is 0.535. The number of thiophene rings is 1. The number of halogens is 1. The molecule has 0 radical (unpaired) electrons. The van der Waals surface area contributed by atoms with Crippen LogP contribution in [0.5, 0.6) is 0 Å². The molecule has 21 heavy (non-hydrogen) atoms. The maximum atomic E-state index is 13.8. The summed E-state index contributed by atoms with van der Waals surface area (Å²) in [5.74, 6) is -0.262. The zero-order chi connectivity index (χ0) is 14.2. The van der Waals surface area contributed by atoms with E-state index < -0.39 is 0 Å². The standard InChI is InChI=1S/C16H9FN2OS/c17-11-8-10-2-1-6-18-16(10)12(9-11)14-3-4-15(21-14)13-5-7-20-19-13/h1-9H. The summed E-state index contributed by atoms with van der Waals surface area (Å²) < 4.78 is 18.7. The summed E-state index contributed by atoms with van der Waals surface area (Å²) in [6.07, 6.45) is 3.25. The Morgan fingerprint density at radius 2 is 1.95 bits per heavy atom. The smallest absolute Gasteiger partial charge is 0.124 e. The third kappa shape index (κ3) is 2.11. The summed E-state index contributed by atoms with van der Waals surface area (Å²) in [5, 5.41) is 4.71. The van der Waals surface area contributed by atoms with E-state index in [1.807, 2.05) is 18.2 Å². The van der Waals surface area contributed by atoms with Crippen molar-refractivity contribution in [2.75, 3.05) is 0 Å². The first-order chi connectivity index (χ1) is 10.3. The highest BCUT2D eigenvalue weighted by Gasteiger charge is 2.12. The number of aromatic nitrogens is 2. The monoisotopic (exact) mass is 296 g/mol. The molecule has 3 nitrogen and oxygen atoms in total. The SMILES string of the molecule is Fc1cc(-c2ccc(-c3ccon3)s2)c2ncccc2c1. The van der Waals surface area contributed by atoms with Crippen molar-refractivity contribution in [3.05, 3.63) is 60.7 Å². The number of fused-ring (bicyclic) bond motifs is 1.